The number of primary amides is 1. The van der Waals surface area contributed by atoms with Crippen LogP contribution >= 0.6 is 0 Å². The number of hydrogen-bond acceptors (Lipinski definition) is 5. The first-order valence-electron chi connectivity index (χ1n) is 8.09. The van der Waals surface area contributed by atoms with Crippen LogP contribution in [-0.2, 0) is 16.1 Å². The number of morpholine rings is 1. The molecule has 0 saturated carbocycles. The van der Waals surface area contributed by atoms with Gasteiger partial charge in [-0.05, 0) is 31.7 Å². The van der Waals surface area contributed by atoms with Gasteiger partial charge in [-0.15, -0.1) is 0 Å². The van der Waals surface area contributed by atoms with Crippen molar-refractivity contribution in [3.8, 4) is 5.75 Å². The van der Waals surface area contributed by atoms with E-state index in [0.717, 1.165) is 25.4 Å². The summed E-state index contributed by atoms with van der Waals surface area (Å²) in [4.78, 5) is 15.2. The van der Waals surface area contributed by atoms with Crippen molar-refractivity contribution in [2.75, 3.05) is 46.4 Å². The number of carbonyl (C=O) groups is 1. The second-order valence-corrected chi connectivity index (χ2v) is 5.97. The van der Waals surface area contributed by atoms with Crippen molar-refractivity contribution in [3.05, 3.63) is 29.8 Å². The average molecular weight is 321 g/mol. The Morgan fingerprint density at radius 1 is 1.52 bits per heavy atom. The van der Waals surface area contributed by atoms with E-state index in [1.165, 1.54) is 5.56 Å². The van der Waals surface area contributed by atoms with Crippen LogP contribution in [0.2, 0.25) is 0 Å². The predicted octanol–water partition coefficient (Wildman–Crippen LogP) is 0.703. The number of ether oxygens (including phenoxy) is 2. The molecule has 2 rings (SSSR count). The molecule has 0 aliphatic carbocycles. The second-order valence-electron chi connectivity index (χ2n) is 5.97. The molecule has 0 radical (unpaired) electrons. The minimum atomic E-state index is -0.312. The Morgan fingerprint density at radius 3 is 3.09 bits per heavy atom. The molecule has 1 aliphatic rings. The Balaban J connectivity index is 1.86. The standard InChI is InChI=1S/C17H27N3O3/c1-3-22-15-6-4-5-14(9-15)10-20-7-8-23-16(12-20)11-19(2)13-17(18)21/h4-6,9,16H,3,7-8,10-13H2,1-2H3,(H2,18,21)/t16-/m1/s1. The third-order valence-electron chi connectivity index (χ3n) is 3.78. The van der Waals surface area contributed by atoms with Crippen LogP contribution < -0.4 is 10.5 Å². The van der Waals surface area contributed by atoms with Crippen molar-refractivity contribution < 1.29 is 14.3 Å². The minimum absolute atomic E-state index is 0.100. The number of likely N-dealkylation sites (N-methyl/N-ethyl adjacent to an activating group) is 1. The van der Waals surface area contributed by atoms with Gasteiger partial charge in [0.15, 0.2) is 0 Å². The summed E-state index contributed by atoms with van der Waals surface area (Å²) in [6.07, 6.45) is 0.100. The fourth-order valence-corrected chi connectivity index (χ4v) is 2.87. The van der Waals surface area contributed by atoms with Crippen molar-refractivity contribution in [1.29, 1.82) is 0 Å². The van der Waals surface area contributed by atoms with Gasteiger partial charge in [0.25, 0.3) is 0 Å². The molecular formula is C17H27N3O3. The van der Waals surface area contributed by atoms with E-state index in [-0.39, 0.29) is 18.6 Å². The van der Waals surface area contributed by atoms with Gasteiger partial charge in [0.2, 0.25) is 5.91 Å². The number of rotatable bonds is 8. The molecule has 1 fully saturated rings. The summed E-state index contributed by atoms with van der Waals surface area (Å²) >= 11 is 0. The van der Waals surface area contributed by atoms with Gasteiger partial charge in [-0.3, -0.25) is 14.6 Å². The number of benzene rings is 1. The summed E-state index contributed by atoms with van der Waals surface area (Å²) in [6, 6.07) is 8.21. The van der Waals surface area contributed by atoms with Crippen molar-refractivity contribution >= 4 is 5.91 Å². The number of carbonyl (C=O) groups excluding carboxylic acids is 1. The van der Waals surface area contributed by atoms with Crippen LogP contribution in [0.1, 0.15) is 12.5 Å². The van der Waals surface area contributed by atoms with Gasteiger partial charge < -0.3 is 15.2 Å². The maximum absolute atomic E-state index is 11.0. The molecule has 1 aromatic carbocycles. The van der Waals surface area contributed by atoms with Gasteiger partial charge in [0, 0.05) is 26.2 Å². The van der Waals surface area contributed by atoms with Crippen molar-refractivity contribution in [3.63, 3.8) is 0 Å². The van der Waals surface area contributed by atoms with Gasteiger partial charge >= 0.3 is 0 Å². The van der Waals surface area contributed by atoms with E-state index in [9.17, 15) is 4.79 Å². The summed E-state index contributed by atoms with van der Waals surface area (Å²) in [7, 11) is 1.89. The molecule has 0 spiro atoms. The fourth-order valence-electron chi connectivity index (χ4n) is 2.87. The predicted molar refractivity (Wildman–Crippen MR) is 89.3 cm³/mol. The first-order chi connectivity index (χ1) is 11.1. The molecule has 128 valence electrons. The first-order valence-corrected chi connectivity index (χ1v) is 8.09. The van der Waals surface area contributed by atoms with Crippen molar-refractivity contribution in [2.24, 2.45) is 5.73 Å². The van der Waals surface area contributed by atoms with Crippen LogP contribution in [0, 0.1) is 0 Å². The lowest BCUT2D eigenvalue weighted by Gasteiger charge is -2.34. The highest BCUT2D eigenvalue weighted by Gasteiger charge is 2.22. The molecule has 1 atom stereocenters. The van der Waals surface area contributed by atoms with Gasteiger partial charge in [0.05, 0.1) is 25.9 Å². The number of nitrogens with zero attached hydrogens (tertiary/aromatic N) is 2. The average Bonchev–Trinajstić information content (AvgIpc) is 2.47. The van der Waals surface area contributed by atoms with Crippen LogP contribution in [0.5, 0.6) is 5.75 Å². The van der Waals surface area contributed by atoms with Crippen LogP contribution in [0.3, 0.4) is 0 Å². The smallest absolute Gasteiger partial charge is 0.231 e. The lowest BCUT2D eigenvalue weighted by molar-refractivity contribution is -0.119. The Morgan fingerprint density at radius 2 is 2.35 bits per heavy atom. The Hall–Kier alpha value is -1.63. The van der Waals surface area contributed by atoms with E-state index >= 15 is 0 Å². The van der Waals surface area contributed by atoms with Crippen LogP contribution in [0.15, 0.2) is 24.3 Å². The lowest BCUT2D eigenvalue weighted by Crippen LogP contribution is -2.47. The summed E-state index contributed by atoms with van der Waals surface area (Å²) < 4.78 is 11.4. The summed E-state index contributed by atoms with van der Waals surface area (Å²) in [5, 5.41) is 0. The summed E-state index contributed by atoms with van der Waals surface area (Å²) in [5.74, 6) is 0.601. The third-order valence-corrected chi connectivity index (χ3v) is 3.78. The molecule has 1 heterocycles. The molecule has 0 aromatic heterocycles. The molecule has 6 nitrogen and oxygen atoms in total. The number of nitrogens with two attached hydrogens (primary N) is 1. The largest absolute Gasteiger partial charge is 0.494 e. The second kappa shape index (κ2) is 8.86. The van der Waals surface area contributed by atoms with E-state index in [1.807, 2.05) is 31.0 Å². The van der Waals surface area contributed by atoms with Crippen molar-refractivity contribution in [1.82, 2.24) is 9.80 Å². The Labute approximate surface area is 138 Å². The zero-order valence-corrected chi connectivity index (χ0v) is 14.0. The molecule has 6 heteroatoms. The highest BCUT2D eigenvalue weighted by Crippen LogP contribution is 2.16. The zero-order valence-electron chi connectivity index (χ0n) is 14.0. The van der Waals surface area contributed by atoms with Crippen molar-refractivity contribution in [2.45, 2.75) is 19.6 Å². The maximum Gasteiger partial charge on any atom is 0.231 e. The highest BCUT2D eigenvalue weighted by atomic mass is 16.5. The van der Waals surface area contributed by atoms with E-state index in [2.05, 4.69) is 17.0 Å². The highest BCUT2D eigenvalue weighted by molar-refractivity contribution is 5.75. The normalized spacial score (nSPS) is 19.0. The van der Waals surface area contributed by atoms with E-state index in [0.29, 0.717) is 19.8 Å². The van der Waals surface area contributed by atoms with E-state index in [4.69, 9.17) is 15.2 Å². The molecular weight excluding hydrogens is 294 g/mol. The van der Waals surface area contributed by atoms with E-state index < -0.39 is 0 Å². The number of amides is 1. The van der Waals surface area contributed by atoms with Gasteiger partial charge in [-0.25, -0.2) is 0 Å². The SMILES string of the molecule is CCOc1cccc(CN2CCO[C@H](CN(C)CC(N)=O)C2)c1. The van der Waals surface area contributed by atoms with Crippen LogP contribution in [0.25, 0.3) is 0 Å². The van der Waals surface area contributed by atoms with Gasteiger partial charge in [0.1, 0.15) is 5.75 Å². The molecule has 2 N–H and O–H groups in total. The third kappa shape index (κ3) is 6.17. The molecule has 0 bridgehead atoms. The Bertz CT molecular complexity index is 510. The molecule has 0 unspecified atom stereocenters. The molecule has 1 aromatic rings. The minimum Gasteiger partial charge on any atom is -0.494 e. The summed E-state index contributed by atoms with van der Waals surface area (Å²) in [6.45, 7) is 6.98. The monoisotopic (exact) mass is 321 g/mol. The topological polar surface area (TPSA) is 68.0 Å². The fraction of sp³-hybridized carbons (Fsp3) is 0.588. The maximum atomic E-state index is 11.0. The van der Waals surface area contributed by atoms with Gasteiger partial charge in [-0.2, -0.15) is 0 Å². The first kappa shape index (κ1) is 17.7. The molecule has 1 aliphatic heterocycles. The Kier molecular flexibility index (Phi) is 6.83. The molecule has 1 saturated heterocycles. The number of hydrogen-bond donors (Lipinski definition) is 1. The zero-order chi connectivity index (χ0) is 16.7. The quantitative estimate of drug-likeness (QED) is 0.763. The molecule has 1 amide bonds. The van der Waals surface area contributed by atoms with Crippen LogP contribution in [-0.4, -0.2) is 68.3 Å². The van der Waals surface area contributed by atoms with Gasteiger partial charge in [-0.1, -0.05) is 12.1 Å². The molecule has 23 heavy (non-hydrogen) atoms. The lowest BCUT2D eigenvalue weighted by atomic mass is 10.1. The summed E-state index contributed by atoms with van der Waals surface area (Å²) in [5.41, 5.74) is 6.46. The van der Waals surface area contributed by atoms with E-state index in [1.54, 1.807) is 0 Å². The van der Waals surface area contributed by atoms with Crippen LogP contribution in [0.4, 0.5) is 0 Å².